The van der Waals surface area contributed by atoms with E-state index in [4.69, 9.17) is 0 Å². The van der Waals surface area contributed by atoms with Crippen molar-refractivity contribution in [3.8, 4) is 0 Å². The molecule has 0 bridgehead atoms. The van der Waals surface area contributed by atoms with Gasteiger partial charge in [-0.3, -0.25) is 4.79 Å². The van der Waals surface area contributed by atoms with Crippen LogP contribution < -0.4 is 0 Å². The molecule has 2 aromatic rings. The van der Waals surface area contributed by atoms with E-state index in [9.17, 15) is 4.79 Å². The van der Waals surface area contributed by atoms with Crippen molar-refractivity contribution in [1.29, 1.82) is 0 Å². The second kappa shape index (κ2) is 4.57. The zero-order valence-corrected chi connectivity index (χ0v) is 11.4. The number of hydrogen-bond acceptors (Lipinski definition) is 2. The first-order chi connectivity index (χ1) is 9.16. The Morgan fingerprint density at radius 3 is 2.79 bits per heavy atom. The van der Waals surface area contributed by atoms with Gasteiger partial charge < -0.3 is 9.88 Å². The Bertz CT molecular complexity index is 664. The maximum absolute atomic E-state index is 12.6. The molecule has 1 heterocycles. The number of para-hydroxylation sites is 1. The van der Waals surface area contributed by atoms with Crippen LogP contribution in [0.4, 0.5) is 0 Å². The molecule has 3 nitrogen and oxygen atoms in total. The molecule has 1 aromatic heterocycles. The molecule has 0 saturated carbocycles. The minimum atomic E-state index is 0.150. The van der Waals surface area contributed by atoms with Gasteiger partial charge in [0.25, 0.3) is 0 Å². The van der Waals surface area contributed by atoms with E-state index in [0.717, 1.165) is 36.0 Å². The second-order valence-corrected chi connectivity index (χ2v) is 5.32. The summed E-state index contributed by atoms with van der Waals surface area (Å²) in [6.45, 7) is 0. The van der Waals surface area contributed by atoms with Crippen molar-refractivity contribution in [2.75, 3.05) is 14.1 Å². The number of Topliss-reactive ketones (excluding diaryl/α,β-unsaturated/α-hetero) is 1. The smallest absolute Gasteiger partial charge is 0.206 e. The van der Waals surface area contributed by atoms with E-state index < -0.39 is 0 Å². The van der Waals surface area contributed by atoms with Gasteiger partial charge in [0.1, 0.15) is 0 Å². The fraction of sp³-hybridized carbons (Fsp3) is 0.312. The lowest BCUT2D eigenvalue weighted by atomic mass is 10.1. The van der Waals surface area contributed by atoms with Crippen LogP contribution in [0, 0.1) is 0 Å². The standard InChI is InChI=1S/C16H18N2O/c1-18(2)10-11-6-5-8-13-12-7-3-4-9-14(12)17-15(13)16(11)19/h3-4,7,9-10,17H,5-6,8H2,1-2H3/b11-10+. The van der Waals surface area contributed by atoms with Crippen molar-refractivity contribution in [1.82, 2.24) is 9.88 Å². The van der Waals surface area contributed by atoms with Crippen LogP contribution in [0.25, 0.3) is 10.9 Å². The fourth-order valence-electron chi connectivity index (χ4n) is 2.82. The van der Waals surface area contributed by atoms with Crippen LogP contribution in [0.1, 0.15) is 28.9 Å². The van der Waals surface area contributed by atoms with Gasteiger partial charge in [0, 0.05) is 36.8 Å². The van der Waals surface area contributed by atoms with Crippen LogP contribution >= 0.6 is 0 Å². The molecule has 1 aromatic carbocycles. The first-order valence-electron chi connectivity index (χ1n) is 6.68. The summed E-state index contributed by atoms with van der Waals surface area (Å²) < 4.78 is 0. The van der Waals surface area contributed by atoms with E-state index in [1.54, 1.807) is 0 Å². The van der Waals surface area contributed by atoms with Crippen molar-refractivity contribution in [2.45, 2.75) is 19.3 Å². The van der Waals surface area contributed by atoms with Crippen LogP contribution in [-0.4, -0.2) is 29.8 Å². The van der Waals surface area contributed by atoms with Gasteiger partial charge in [-0.15, -0.1) is 0 Å². The number of nitrogens with one attached hydrogen (secondary N) is 1. The summed E-state index contributed by atoms with van der Waals surface area (Å²) in [5.41, 5.74) is 3.93. The van der Waals surface area contributed by atoms with Crippen LogP contribution in [0.2, 0.25) is 0 Å². The van der Waals surface area contributed by atoms with Crippen molar-refractivity contribution in [2.24, 2.45) is 0 Å². The van der Waals surface area contributed by atoms with Crippen molar-refractivity contribution >= 4 is 16.7 Å². The Balaban J connectivity index is 2.16. The molecule has 0 atom stereocenters. The fourth-order valence-corrected chi connectivity index (χ4v) is 2.82. The van der Waals surface area contributed by atoms with Gasteiger partial charge in [-0.25, -0.2) is 0 Å². The summed E-state index contributed by atoms with van der Waals surface area (Å²) in [5.74, 6) is 0.150. The van der Waals surface area contributed by atoms with E-state index in [0.29, 0.717) is 0 Å². The van der Waals surface area contributed by atoms with Crippen LogP contribution in [0.15, 0.2) is 36.0 Å². The molecule has 98 valence electrons. The van der Waals surface area contributed by atoms with E-state index in [2.05, 4.69) is 11.1 Å². The number of allylic oxidation sites excluding steroid dienone is 1. The van der Waals surface area contributed by atoms with Crippen LogP contribution in [-0.2, 0) is 6.42 Å². The van der Waals surface area contributed by atoms with Crippen LogP contribution in [0.3, 0.4) is 0 Å². The number of ketones is 1. The summed E-state index contributed by atoms with van der Waals surface area (Å²) in [4.78, 5) is 17.9. The van der Waals surface area contributed by atoms with Crippen molar-refractivity contribution in [3.05, 3.63) is 47.3 Å². The van der Waals surface area contributed by atoms with E-state index in [1.165, 1.54) is 10.9 Å². The highest BCUT2D eigenvalue weighted by Crippen LogP contribution is 2.30. The average Bonchev–Trinajstić information content (AvgIpc) is 2.68. The Labute approximate surface area is 112 Å². The lowest BCUT2D eigenvalue weighted by Gasteiger charge is -2.08. The van der Waals surface area contributed by atoms with Gasteiger partial charge >= 0.3 is 0 Å². The molecule has 3 rings (SSSR count). The second-order valence-electron chi connectivity index (χ2n) is 5.32. The Morgan fingerprint density at radius 1 is 1.21 bits per heavy atom. The molecule has 1 aliphatic carbocycles. The number of aromatic nitrogens is 1. The van der Waals surface area contributed by atoms with Gasteiger partial charge in [0.05, 0.1) is 5.69 Å². The maximum atomic E-state index is 12.6. The molecule has 3 heteroatoms. The van der Waals surface area contributed by atoms with Gasteiger partial charge in [0.2, 0.25) is 5.78 Å². The van der Waals surface area contributed by atoms with Crippen LogP contribution in [0.5, 0.6) is 0 Å². The molecule has 1 N–H and O–H groups in total. The van der Waals surface area contributed by atoms with Crippen molar-refractivity contribution < 1.29 is 4.79 Å². The van der Waals surface area contributed by atoms with Gasteiger partial charge in [-0.05, 0) is 30.9 Å². The molecule has 0 unspecified atom stereocenters. The van der Waals surface area contributed by atoms with Gasteiger partial charge in [-0.1, -0.05) is 18.2 Å². The number of carbonyl (C=O) groups excluding carboxylic acids is 1. The summed E-state index contributed by atoms with van der Waals surface area (Å²) in [6, 6.07) is 8.16. The maximum Gasteiger partial charge on any atom is 0.206 e. The summed E-state index contributed by atoms with van der Waals surface area (Å²) in [6.07, 6.45) is 4.80. The normalized spacial score (nSPS) is 17.6. The minimum absolute atomic E-state index is 0.150. The first-order valence-corrected chi connectivity index (χ1v) is 6.68. The van der Waals surface area contributed by atoms with Gasteiger partial charge in [-0.2, -0.15) is 0 Å². The van der Waals surface area contributed by atoms with Crippen molar-refractivity contribution in [3.63, 3.8) is 0 Å². The largest absolute Gasteiger partial charge is 0.383 e. The number of rotatable bonds is 1. The molecule has 1 aliphatic rings. The monoisotopic (exact) mass is 254 g/mol. The lowest BCUT2D eigenvalue weighted by molar-refractivity contribution is 0.102. The zero-order valence-electron chi connectivity index (χ0n) is 11.4. The Morgan fingerprint density at radius 2 is 2.00 bits per heavy atom. The van der Waals surface area contributed by atoms with Gasteiger partial charge in [0.15, 0.2) is 0 Å². The first kappa shape index (κ1) is 12.0. The number of aryl methyl sites for hydroxylation is 1. The van der Waals surface area contributed by atoms with E-state index in [-0.39, 0.29) is 5.78 Å². The summed E-state index contributed by atoms with van der Waals surface area (Å²) in [5, 5.41) is 1.19. The molecule has 0 spiro atoms. The molecule has 0 saturated heterocycles. The molecular formula is C16H18N2O. The van der Waals surface area contributed by atoms with E-state index in [1.807, 2.05) is 43.4 Å². The molecule has 0 fully saturated rings. The topological polar surface area (TPSA) is 36.1 Å². The highest BCUT2D eigenvalue weighted by atomic mass is 16.1. The summed E-state index contributed by atoms with van der Waals surface area (Å²) in [7, 11) is 3.91. The highest BCUT2D eigenvalue weighted by molar-refractivity contribution is 6.11. The Kier molecular flexibility index (Phi) is 2.90. The number of carbonyl (C=O) groups is 1. The number of fused-ring (bicyclic) bond motifs is 3. The number of nitrogens with zero attached hydrogens (tertiary/aromatic N) is 1. The Hall–Kier alpha value is -2.03. The molecule has 0 radical (unpaired) electrons. The number of hydrogen-bond donors (Lipinski definition) is 1. The average molecular weight is 254 g/mol. The molecule has 19 heavy (non-hydrogen) atoms. The third-order valence-corrected chi connectivity index (χ3v) is 3.62. The van der Waals surface area contributed by atoms with E-state index >= 15 is 0 Å². The highest BCUT2D eigenvalue weighted by Gasteiger charge is 2.23. The number of aromatic amines is 1. The predicted octanol–water partition coefficient (Wildman–Crippen LogP) is 3.13. The SMILES string of the molecule is CN(C)/C=C1\CCCc2c([nH]c3ccccc23)C1=O. The predicted molar refractivity (Wildman–Crippen MR) is 77.3 cm³/mol. The summed E-state index contributed by atoms with van der Waals surface area (Å²) >= 11 is 0. The number of benzene rings is 1. The molecule has 0 aliphatic heterocycles. The number of H-pyrrole nitrogens is 1. The lowest BCUT2D eigenvalue weighted by Crippen LogP contribution is -2.09. The third-order valence-electron chi connectivity index (χ3n) is 3.62. The third kappa shape index (κ3) is 2.05. The molecule has 0 amide bonds. The minimum Gasteiger partial charge on any atom is -0.383 e. The zero-order chi connectivity index (χ0) is 13.4. The molecular weight excluding hydrogens is 236 g/mol. The quantitative estimate of drug-likeness (QED) is 0.627.